The topological polar surface area (TPSA) is 63.7 Å². The van der Waals surface area contributed by atoms with E-state index in [1.807, 2.05) is 0 Å². The van der Waals surface area contributed by atoms with Crippen molar-refractivity contribution in [3.05, 3.63) is 137 Å². The number of ether oxygens (including phenoxy) is 1. The van der Waals surface area contributed by atoms with Crippen molar-refractivity contribution in [3.8, 4) is 5.75 Å². The largest absolute Gasteiger partial charge is 0.497 e. The molecule has 0 amide bonds. The molecule has 2 aliphatic heterocycles. The van der Waals surface area contributed by atoms with E-state index in [4.69, 9.17) is 4.74 Å². The van der Waals surface area contributed by atoms with Crippen molar-refractivity contribution in [2.24, 2.45) is 5.41 Å². The molecule has 1 aliphatic carbocycles. The standard InChI is InChI=1S/C34H23F2NO4/c1-41-22-8-6-7-20(18-22)31(38)30-29(25-11-4-5-12-26(25)36)34(32(39)23-9-2-3-10-24(23)33(34)40)28-16-13-19-17-21(35)14-15-27(19)37(28)30/h2-18,28-30H,1H3/t28?,29-,30+/m0/s1. The van der Waals surface area contributed by atoms with Crippen molar-refractivity contribution >= 4 is 29.1 Å². The molecule has 1 saturated heterocycles. The zero-order chi connectivity index (χ0) is 28.5. The molecule has 0 radical (unpaired) electrons. The molecule has 0 aromatic heterocycles. The van der Waals surface area contributed by atoms with Gasteiger partial charge in [0.25, 0.3) is 0 Å². The Morgan fingerprint density at radius 1 is 0.854 bits per heavy atom. The van der Waals surface area contributed by atoms with Crippen molar-refractivity contribution in [1.29, 1.82) is 0 Å². The maximum absolute atomic E-state index is 15.8. The van der Waals surface area contributed by atoms with Gasteiger partial charge in [-0.05, 0) is 42.0 Å². The summed E-state index contributed by atoms with van der Waals surface area (Å²) in [6.45, 7) is 0. The highest BCUT2D eigenvalue weighted by Crippen LogP contribution is 2.61. The Labute approximate surface area is 234 Å². The number of ketones is 3. The van der Waals surface area contributed by atoms with Gasteiger partial charge in [0.2, 0.25) is 0 Å². The van der Waals surface area contributed by atoms with E-state index in [1.165, 1.54) is 37.4 Å². The Hall–Kier alpha value is -4.91. The second-order valence-electron chi connectivity index (χ2n) is 10.5. The van der Waals surface area contributed by atoms with Gasteiger partial charge in [0.15, 0.2) is 17.3 Å². The van der Waals surface area contributed by atoms with Crippen LogP contribution in [0, 0.1) is 17.0 Å². The summed E-state index contributed by atoms with van der Waals surface area (Å²) in [4.78, 5) is 45.5. The molecule has 1 spiro atoms. The lowest BCUT2D eigenvalue weighted by atomic mass is 9.64. The molecule has 1 unspecified atom stereocenters. The number of hydrogen-bond acceptors (Lipinski definition) is 5. The number of anilines is 1. The van der Waals surface area contributed by atoms with Gasteiger partial charge in [0.1, 0.15) is 28.8 Å². The van der Waals surface area contributed by atoms with Crippen LogP contribution in [0.15, 0.2) is 97.1 Å². The van der Waals surface area contributed by atoms with Crippen molar-refractivity contribution < 1.29 is 27.9 Å². The molecule has 7 rings (SSSR count). The van der Waals surface area contributed by atoms with E-state index in [-0.39, 0.29) is 22.3 Å². The van der Waals surface area contributed by atoms with Crippen LogP contribution in [0.25, 0.3) is 6.08 Å². The van der Waals surface area contributed by atoms with Gasteiger partial charge in [-0.1, -0.05) is 66.7 Å². The quantitative estimate of drug-likeness (QED) is 0.222. The third-order valence-corrected chi connectivity index (χ3v) is 8.63. The van der Waals surface area contributed by atoms with Crippen LogP contribution in [-0.2, 0) is 0 Å². The van der Waals surface area contributed by atoms with Gasteiger partial charge in [-0.2, -0.15) is 0 Å². The van der Waals surface area contributed by atoms with Crippen molar-refractivity contribution in [3.63, 3.8) is 0 Å². The van der Waals surface area contributed by atoms with Gasteiger partial charge in [-0.15, -0.1) is 0 Å². The highest BCUT2D eigenvalue weighted by molar-refractivity contribution is 6.32. The molecule has 4 aromatic carbocycles. The number of methoxy groups -OCH3 is 1. The highest BCUT2D eigenvalue weighted by Gasteiger charge is 2.71. The molecule has 1 fully saturated rings. The fourth-order valence-electron chi connectivity index (χ4n) is 6.97. The second kappa shape index (κ2) is 9.06. The fourth-order valence-corrected chi connectivity index (χ4v) is 6.97. The van der Waals surface area contributed by atoms with Crippen LogP contribution in [0.2, 0.25) is 0 Å². The Morgan fingerprint density at radius 3 is 2.27 bits per heavy atom. The maximum atomic E-state index is 15.8. The van der Waals surface area contributed by atoms with Gasteiger partial charge in [0, 0.05) is 33.9 Å². The number of nitrogens with zero attached hydrogens (tertiary/aromatic N) is 1. The number of rotatable bonds is 4. The molecule has 0 N–H and O–H groups in total. The van der Waals surface area contributed by atoms with Crippen molar-refractivity contribution in [2.45, 2.75) is 18.0 Å². The van der Waals surface area contributed by atoms with Crippen LogP contribution < -0.4 is 9.64 Å². The van der Waals surface area contributed by atoms with Gasteiger partial charge in [0.05, 0.1) is 13.2 Å². The van der Waals surface area contributed by atoms with Crippen LogP contribution in [0.3, 0.4) is 0 Å². The molecule has 0 bridgehead atoms. The van der Waals surface area contributed by atoms with E-state index in [0.29, 0.717) is 17.0 Å². The first-order valence-corrected chi connectivity index (χ1v) is 13.3. The maximum Gasteiger partial charge on any atom is 0.186 e. The minimum Gasteiger partial charge on any atom is -0.497 e. The molecule has 0 saturated carbocycles. The number of Topliss-reactive ketones (excluding diaryl/α,β-unsaturated/α-hetero) is 3. The summed E-state index contributed by atoms with van der Waals surface area (Å²) in [6.07, 6.45) is 3.35. The van der Waals surface area contributed by atoms with Gasteiger partial charge in [-0.25, -0.2) is 8.78 Å². The van der Waals surface area contributed by atoms with E-state index < -0.39 is 52.4 Å². The average Bonchev–Trinajstić information content (AvgIpc) is 3.43. The predicted octanol–water partition coefficient (Wildman–Crippen LogP) is 6.29. The van der Waals surface area contributed by atoms with Crippen LogP contribution in [0.1, 0.15) is 48.1 Å². The summed E-state index contributed by atoms with van der Waals surface area (Å²) in [5, 5.41) is 0. The first-order chi connectivity index (χ1) is 19.9. The summed E-state index contributed by atoms with van der Waals surface area (Å²) in [7, 11) is 1.49. The lowest BCUT2D eigenvalue weighted by molar-refractivity contribution is 0.0664. The summed E-state index contributed by atoms with van der Waals surface area (Å²) in [6, 6.07) is 21.1. The van der Waals surface area contributed by atoms with E-state index in [0.717, 1.165) is 0 Å². The summed E-state index contributed by atoms with van der Waals surface area (Å²) in [5.74, 6) is -3.18. The number of halogens is 2. The predicted molar refractivity (Wildman–Crippen MR) is 149 cm³/mol. The van der Waals surface area contributed by atoms with Crippen LogP contribution in [0.4, 0.5) is 14.5 Å². The Morgan fingerprint density at radius 2 is 1.56 bits per heavy atom. The van der Waals surface area contributed by atoms with E-state index >= 15 is 4.39 Å². The normalized spacial score (nSPS) is 21.5. The zero-order valence-corrected chi connectivity index (χ0v) is 21.9. The summed E-state index contributed by atoms with van der Waals surface area (Å²) in [5.41, 5.74) is -0.0134. The molecule has 2 heterocycles. The first-order valence-electron chi connectivity index (χ1n) is 13.3. The molecular formula is C34H23F2NO4. The van der Waals surface area contributed by atoms with E-state index in [2.05, 4.69) is 0 Å². The first kappa shape index (κ1) is 25.1. The van der Waals surface area contributed by atoms with E-state index in [9.17, 15) is 18.8 Å². The Balaban J connectivity index is 1.56. The number of carbonyl (C=O) groups is 3. The second-order valence-corrected chi connectivity index (χ2v) is 10.5. The van der Waals surface area contributed by atoms with Crippen LogP contribution in [0.5, 0.6) is 5.75 Å². The molecule has 4 aromatic rings. The third-order valence-electron chi connectivity index (χ3n) is 8.63. The van der Waals surface area contributed by atoms with Gasteiger partial charge < -0.3 is 9.64 Å². The monoisotopic (exact) mass is 547 g/mol. The lowest BCUT2D eigenvalue weighted by Gasteiger charge is -2.37. The molecule has 3 atom stereocenters. The third kappa shape index (κ3) is 3.35. The SMILES string of the molecule is COc1cccc(C(=O)[C@H]2[C@H](c3ccccc3F)C3(C(=O)c4ccccc4C3=O)C3C=Cc4cc(F)ccc4N32)c1. The Kier molecular flexibility index (Phi) is 5.54. The molecule has 5 nitrogen and oxygen atoms in total. The van der Waals surface area contributed by atoms with Crippen LogP contribution >= 0.6 is 0 Å². The fraction of sp³-hybridized carbons (Fsp3) is 0.147. The smallest absolute Gasteiger partial charge is 0.186 e. The van der Waals surface area contributed by atoms with Gasteiger partial charge in [-0.3, -0.25) is 14.4 Å². The highest BCUT2D eigenvalue weighted by atomic mass is 19.1. The number of benzene rings is 4. The van der Waals surface area contributed by atoms with Crippen molar-refractivity contribution in [2.75, 3.05) is 12.0 Å². The lowest BCUT2D eigenvalue weighted by Crippen LogP contribution is -2.48. The summed E-state index contributed by atoms with van der Waals surface area (Å²) >= 11 is 0. The average molecular weight is 548 g/mol. The summed E-state index contributed by atoms with van der Waals surface area (Å²) < 4.78 is 35.5. The van der Waals surface area contributed by atoms with Crippen molar-refractivity contribution in [1.82, 2.24) is 0 Å². The number of carbonyl (C=O) groups excluding carboxylic acids is 3. The molecular weight excluding hydrogens is 524 g/mol. The minimum atomic E-state index is -1.84. The number of hydrogen-bond donors (Lipinski definition) is 0. The Bertz CT molecular complexity index is 1780. The van der Waals surface area contributed by atoms with Crippen LogP contribution in [-0.4, -0.2) is 36.5 Å². The molecule has 3 aliphatic rings. The molecule has 7 heteroatoms. The van der Waals surface area contributed by atoms with Gasteiger partial charge >= 0.3 is 0 Å². The number of fused-ring (bicyclic) bond motifs is 5. The minimum absolute atomic E-state index is 0.0923. The zero-order valence-electron chi connectivity index (χ0n) is 21.9. The molecule has 202 valence electrons. The van der Waals surface area contributed by atoms with E-state index in [1.54, 1.807) is 77.7 Å². The molecule has 41 heavy (non-hydrogen) atoms.